The van der Waals surface area contributed by atoms with Gasteiger partial charge in [0.1, 0.15) is 17.1 Å². The van der Waals surface area contributed by atoms with Crippen LogP contribution < -0.4 is 15.8 Å². The summed E-state index contributed by atoms with van der Waals surface area (Å²) >= 11 is 0. The van der Waals surface area contributed by atoms with Gasteiger partial charge in [0.2, 0.25) is 0 Å². The number of ether oxygens (including phenoxy) is 1. The quantitative estimate of drug-likeness (QED) is 0.452. The summed E-state index contributed by atoms with van der Waals surface area (Å²) in [7, 11) is 0. The summed E-state index contributed by atoms with van der Waals surface area (Å²) in [6.45, 7) is 15.3. The number of carbonyl (C=O) groups excluding carboxylic acids is 1. The number of para-hydroxylation sites is 1. The summed E-state index contributed by atoms with van der Waals surface area (Å²) in [5.74, 6) is 0.299. The summed E-state index contributed by atoms with van der Waals surface area (Å²) in [5.41, 5.74) is 2.88. The monoisotopic (exact) mass is 464 g/mol. The fraction of sp³-hybridized carbons (Fsp3) is 0.444. The lowest BCUT2D eigenvalue weighted by Crippen LogP contribution is -2.28. The molecule has 0 fully saturated rings. The van der Waals surface area contributed by atoms with Crippen LogP contribution in [0.2, 0.25) is 0 Å². The molecule has 0 radical (unpaired) electrons. The predicted molar refractivity (Wildman–Crippen MR) is 138 cm³/mol. The number of aryl methyl sites for hydroxylation is 1. The van der Waals surface area contributed by atoms with Crippen LogP contribution >= 0.6 is 0 Å². The van der Waals surface area contributed by atoms with E-state index in [1.807, 2.05) is 65.1 Å². The van der Waals surface area contributed by atoms with Crippen LogP contribution in [0.4, 0.5) is 11.5 Å². The molecule has 0 amide bonds. The number of nitrogens with zero attached hydrogens (tertiary/aromatic N) is 3. The zero-order valence-corrected chi connectivity index (χ0v) is 21.3. The largest absolute Gasteiger partial charge is 0.456 e. The number of hydrogen-bond donors (Lipinski definition) is 1. The zero-order valence-electron chi connectivity index (χ0n) is 21.3. The molecule has 1 unspecified atom stereocenters. The second kappa shape index (κ2) is 10.3. The second-order valence-corrected chi connectivity index (χ2v) is 9.61. The molecule has 1 N–H and O–H groups in total. The van der Waals surface area contributed by atoms with E-state index in [2.05, 4.69) is 24.1 Å². The maximum Gasteiger partial charge on any atom is 0.340 e. The molecule has 7 nitrogen and oxygen atoms in total. The van der Waals surface area contributed by atoms with Crippen molar-refractivity contribution < 1.29 is 9.53 Å². The van der Waals surface area contributed by atoms with E-state index in [0.29, 0.717) is 22.7 Å². The van der Waals surface area contributed by atoms with Crippen LogP contribution in [-0.4, -0.2) is 34.0 Å². The highest BCUT2D eigenvalue weighted by atomic mass is 16.6. The number of rotatable bonds is 8. The molecule has 3 aromatic rings. The first-order valence-electron chi connectivity index (χ1n) is 11.9. The Kier molecular flexibility index (Phi) is 7.64. The molecule has 34 heavy (non-hydrogen) atoms. The molecule has 0 saturated heterocycles. The number of esters is 1. The highest BCUT2D eigenvalue weighted by Gasteiger charge is 2.22. The van der Waals surface area contributed by atoms with Gasteiger partial charge in [-0.3, -0.25) is 9.20 Å². The lowest BCUT2D eigenvalue weighted by atomic mass is 10.1. The van der Waals surface area contributed by atoms with E-state index in [0.717, 1.165) is 30.6 Å². The van der Waals surface area contributed by atoms with Gasteiger partial charge < -0.3 is 15.0 Å². The summed E-state index contributed by atoms with van der Waals surface area (Å²) in [4.78, 5) is 32.8. The number of fused-ring (bicyclic) bond motifs is 1. The van der Waals surface area contributed by atoms with Crippen molar-refractivity contribution in [3.8, 4) is 0 Å². The number of nitrogens with one attached hydrogen (secondary N) is 1. The standard InChI is InChI=1S/C27H36N4O3/c1-8-14-30(9-2)23-16-24(32)31-17-18(3)15-21(25(31)29-23)19(4)28-22-13-11-10-12-20(22)26(33)34-27(5,6)7/h10-13,15-17,19,28H,8-9,14H2,1-7H3. The van der Waals surface area contributed by atoms with Crippen molar-refractivity contribution in [2.24, 2.45) is 0 Å². The van der Waals surface area contributed by atoms with Crippen molar-refractivity contribution in [3.63, 3.8) is 0 Å². The van der Waals surface area contributed by atoms with Crippen LogP contribution in [0.1, 0.15) is 75.5 Å². The number of anilines is 2. The maximum absolute atomic E-state index is 13.0. The fourth-order valence-corrected chi connectivity index (χ4v) is 3.97. The molecule has 182 valence electrons. The summed E-state index contributed by atoms with van der Waals surface area (Å²) in [6.07, 6.45) is 2.78. The van der Waals surface area contributed by atoms with Gasteiger partial charge >= 0.3 is 5.97 Å². The minimum atomic E-state index is -0.590. The Hall–Kier alpha value is -3.35. The number of aromatic nitrogens is 2. The molecule has 7 heteroatoms. The van der Waals surface area contributed by atoms with Gasteiger partial charge in [0, 0.05) is 36.6 Å². The van der Waals surface area contributed by atoms with Crippen LogP contribution in [0.5, 0.6) is 0 Å². The summed E-state index contributed by atoms with van der Waals surface area (Å²) < 4.78 is 7.20. The van der Waals surface area contributed by atoms with Crippen molar-refractivity contribution >= 4 is 23.1 Å². The van der Waals surface area contributed by atoms with Crippen LogP contribution in [0.25, 0.3) is 5.65 Å². The second-order valence-electron chi connectivity index (χ2n) is 9.61. The van der Waals surface area contributed by atoms with Gasteiger partial charge in [-0.25, -0.2) is 9.78 Å². The third-order valence-electron chi connectivity index (χ3n) is 5.50. The van der Waals surface area contributed by atoms with Crippen molar-refractivity contribution in [3.05, 3.63) is 69.6 Å². The Morgan fingerprint density at radius 1 is 1.21 bits per heavy atom. The Labute approximate surface area is 201 Å². The van der Waals surface area contributed by atoms with Gasteiger partial charge in [-0.05, 0) is 71.7 Å². The molecule has 0 saturated carbocycles. The molecule has 0 aliphatic heterocycles. The van der Waals surface area contributed by atoms with E-state index in [4.69, 9.17) is 9.72 Å². The molecule has 0 bridgehead atoms. The number of hydrogen-bond acceptors (Lipinski definition) is 6. The molecule has 3 rings (SSSR count). The molecular formula is C27H36N4O3. The number of benzene rings is 1. The Balaban J connectivity index is 2.05. The van der Waals surface area contributed by atoms with Crippen LogP contribution in [0.15, 0.2) is 47.4 Å². The van der Waals surface area contributed by atoms with Crippen molar-refractivity contribution in [1.29, 1.82) is 0 Å². The van der Waals surface area contributed by atoms with E-state index in [1.165, 1.54) is 0 Å². The normalized spacial score (nSPS) is 12.4. The summed E-state index contributed by atoms with van der Waals surface area (Å²) in [5, 5.41) is 3.45. The van der Waals surface area contributed by atoms with E-state index >= 15 is 0 Å². The molecule has 2 aromatic heterocycles. The SMILES string of the molecule is CCCN(CC)c1cc(=O)n2cc(C)cc(C(C)Nc3ccccc3C(=O)OC(C)(C)C)c2n1. The Bertz CT molecular complexity index is 1230. The minimum Gasteiger partial charge on any atom is -0.456 e. The molecule has 0 aliphatic carbocycles. The Morgan fingerprint density at radius 2 is 1.91 bits per heavy atom. The highest BCUT2D eigenvalue weighted by Crippen LogP contribution is 2.27. The topological polar surface area (TPSA) is 75.9 Å². The van der Waals surface area contributed by atoms with Gasteiger partial charge in [-0.2, -0.15) is 0 Å². The van der Waals surface area contributed by atoms with Crippen molar-refractivity contribution in [1.82, 2.24) is 9.38 Å². The molecule has 0 aliphatic rings. The van der Waals surface area contributed by atoms with Crippen LogP contribution in [-0.2, 0) is 4.74 Å². The fourth-order valence-electron chi connectivity index (χ4n) is 3.97. The van der Waals surface area contributed by atoms with Gasteiger partial charge in [-0.1, -0.05) is 19.1 Å². The van der Waals surface area contributed by atoms with Gasteiger partial charge in [0.15, 0.2) is 0 Å². The molecule has 1 atom stereocenters. The van der Waals surface area contributed by atoms with Crippen LogP contribution in [0.3, 0.4) is 0 Å². The van der Waals surface area contributed by atoms with Crippen molar-refractivity contribution in [2.75, 3.05) is 23.3 Å². The minimum absolute atomic E-state index is 0.110. The third kappa shape index (κ3) is 5.76. The van der Waals surface area contributed by atoms with Gasteiger partial charge in [0.05, 0.1) is 11.6 Å². The first kappa shape index (κ1) is 25.3. The van der Waals surface area contributed by atoms with E-state index in [-0.39, 0.29) is 17.6 Å². The lowest BCUT2D eigenvalue weighted by molar-refractivity contribution is 0.00706. The number of pyridine rings is 1. The van der Waals surface area contributed by atoms with Crippen molar-refractivity contribution in [2.45, 2.75) is 66.5 Å². The lowest BCUT2D eigenvalue weighted by Gasteiger charge is -2.24. The first-order valence-corrected chi connectivity index (χ1v) is 11.9. The smallest absolute Gasteiger partial charge is 0.340 e. The zero-order chi connectivity index (χ0) is 25.0. The average Bonchev–Trinajstić information content (AvgIpc) is 2.76. The summed E-state index contributed by atoms with van der Waals surface area (Å²) in [6, 6.07) is 10.7. The van der Waals surface area contributed by atoms with E-state index in [9.17, 15) is 9.59 Å². The van der Waals surface area contributed by atoms with Crippen LogP contribution in [0, 0.1) is 6.92 Å². The molecule has 2 heterocycles. The maximum atomic E-state index is 13.0. The average molecular weight is 465 g/mol. The first-order chi connectivity index (χ1) is 16.0. The highest BCUT2D eigenvalue weighted by molar-refractivity contribution is 5.96. The van der Waals surface area contributed by atoms with E-state index < -0.39 is 5.60 Å². The van der Waals surface area contributed by atoms with Gasteiger partial charge in [-0.15, -0.1) is 0 Å². The number of carbonyl (C=O) groups is 1. The third-order valence-corrected chi connectivity index (χ3v) is 5.50. The predicted octanol–water partition coefficient (Wildman–Crippen LogP) is 5.37. The van der Waals surface area contributed by atoms with E-state index in [1.54, 1.807) is 16.5 Å². The Morgan fingerprint density at radius 3 is 2.56 bits per heavy atom. The molecule has 1 aromatic carbocycles. The molecule has 0 spiro atoms. The molecular weight excluding hydrogens is 428 g/mol. The van der Waals surface area contributed by atoms with Gasteiger partial charge in [0.25, 0.3) is 5.56 Å².